The monoisotopic (exact) mass is 302 g/mol. The lowest BCUT2D eigenvalue weighted by molar-refractivity contribution is 0.414. The van der Waals surface area contributed by atoms with Gasteiger partial charge in [-0.2, -0.15) is 0 Å². The summed E-state index contributed by atoms with van der Waals surface area (Å²) in [5.41, 5.74) is 1.19. The summed E-state index contributed by atoms with van der Waals surface area (Å²) in [7, 11) is 1.62. The van der Waals surface area contributed by atoms with Gasteiger partial charge in [0.15, 0.2) is 0 Å². The van der Waals surface area contributed by atoms with Crippen LogP contribution in [0.2, 0.25) is 0 Å². The number of aromatic amines is 1. The summed E-state index contributed by atoms with van der Waals surface area (Å²) in [5.74, 6) is 1.22. The molecule has 0 bridgehead atoms. The summed E-state index contributed by atoms with van der Waals surface area (Å²) in [6.45, 7) is 2.94. The Labute approximate surface area is 129 Å². The number of hydrogen-bond donors (Lipinski definition) is 2. The highest BCUT2D eigenvalue weighted by Crippen LogP contribution is 2.12. The van der Waals surface area contributed by atoms with Crippen molar-refractivity contribution < 1.29 is 4.74 Å². The molecule has 1 aromatic heterocycles. The molecular formula is C16H22N4O2. The molecule has 2 rings (SSSR count). The van der Waals surface area contributed by atoms with E-state index in [9.17, 15) is 4.79 Å². The Kier molecular flexibility index (Phi) is 5.94. The predicted molar refractivity (Wildman–Crippen MR) is 86.5 cm³/mol. The number of unbranched alkanes of at least 4 members (excludes halogenated alkanes) is 2. The van der Waals surface area contributed by atoms with Gasteiger partial charge in [-0.25, -0.2) is 0 Å². The minimum Gasteiger partial charge on any atom is -0.497 e. The molecule has 0 saturated carbocycles. The summed E-state index contributed by atoms with van der Waals surface area (Å²) in [4.78, 5) is 14.8. The smallest absolute Gasteiger partial charge is 0.274 e. The molecule has 0 radical (unpaired) electrons. The van der Waals surface area contributed by atoms with Crippen LogP contribution in [0.5, 0.6) is 5.75 Å². The zero-order chi connectivity index (χ0) is 15.8. The van der Waals surface area contributed by atoms with Crippen LogP contribution in [0.1, 0.15) is 37.4 Å². The van der Waals surface area contributed by atoms with E-state index >= 15 is 0 Å². The first-order valence-electron chi connectivity index (χ1n) is 7.55. The molecule has 2 N–H and O–H groups in total. The van der Waals surface area contributed by atoms with Crippen LogP contribution in [-0.2, 0) is 6.42 Å². The highest BCUT2D eigenvalue weighted by molar-refractivity contribution is 5.30. The summed E-state index contributed by atoms with van der Waals surface area (Å²) >= 11 is 0. The predicted octanol–water partition coefficient (Wildman–Crippen LogP) is 2.37. The zero-order valence-corrected chi connectivity index (χ0v) is 13.1. The third-order valence-electron chi connectivity index (χ3n) is 3.37. The van der Waals surface area contributed by atoms with Gasteiger partial charge in [0.2, 0.25) is 5.95 Å². The van der Waals surface area contributed by atoms with Crippen molar-refractivity contribution in [2.24, 2.45) is 0 Å². The number of H-pyrrole nitrogens is 1. The van der Waals surface area contributed by atoms with Crippen LogP contribution in [-0.4, -0.2) is 28.8 Å². The Bertz CT molecular complexity index is 637. The van der Waals surface area contributed by atoms with Crippen molar-refractivity contribution in [1.29, 1.82) is 0 Å². The van der Waals surface area contributed by atoms with Crippen molar-refractivity contribution in [3.05, 3.63) is 45.9 Å². The van der Waals surface area contributed by atoms with E-state index in [1.165, 1.54) is 0 Å². The summed E-state index contributed by atoms with van der Waals surface area (Å²) < 4.78 is 5.11. The van der Waals surface area contributed by atoms with Crippen LogP contribution in [0, 0.1) is 0 Å². The molecule has 118 valence electrons. The van der Waals surface area contributed by atoms with E-state index in [0.717, 1.165) is 37.1 Å². The van der Waals surface area contributed by atoms with E-state index in [4.69, 9.17) is 4.74 Å². The second-order valence-electron chi connectivity index (χ2n) is 5.11. The quantitative estimate of drug-likeness (QED) is 0.732. The van der Waals surface area contributed by atoms with E-state index in [1.54, 1.807) is 7.11 Å². The fraction of sp³-hybridized carbons (Fsp3) is 0.438. The molecular weight excluding hydrogens is 280 g/mol. The van der Waals surface area contributed by atoms with Crippen molar-refractivity contribution in [2.45, 2.75) is 32.6 Å². The van der Waals surface area contributed by atoms with Gasteiger partial charge in [0.05, 0.1) is 7.11 Å². The first-order chi connectivity index (χ1) is 10.7. The maximum atomic E-state index is 12.0. The Morgan fingerprint density at radius 3 is 2.59 bits per heavy atom. The minimum absolute atomic E-state index is 0.205. The van der Waals surface area contributed by atoms with Crippen molar-refractivity contribution in [1.82, 2.24) is 15.2 Å². The highest BCUT2D eigenvalue weighted by Gasteiger charge is 2.06. The molecule has 0 aliphatic heterocycles. The molecule has 0 fully saturated rings. The Balaban J connectivity index is 1.98. The minimum atomic E-state index is -0.205. The zero-order valence-electron chi connectivity index (χ0n) is 13.1. The van der Waals surface area contributed by atoms with Gasteiger partial charge < -0.3 is 10.1 Å². The van der Waals surface area contributed by atoms with Crippen LogP contribution >= 0.6 is 0 Å². The Morgan fingerprint density at radius 1 is 1.18 bits per heavy atom. The van der Waals surface area contributed by atoms with Gasteiger partial charge in [-0.05, 0) is 24.1 Å². The van der Waals surface area contributed by atoms with Crippen LogP contribution in [0.3, 0.4) is 0 Å². The number of benzene rings is 1. The molecule has 6 heteroatoms. The van der Waals surface area contributed by atoms with E-state index in [-0.39, 0.29) is 5.56 Å². The number of aromatic nitrogens is 3. The number of methoxy groups -OCH3 is 1. The molecule has 0 saturated heterocycles. The molecule has 1 heterocycles. The lowest BCUT2D eigenvalue weighted by atomic mass is 10.1. The highest BCUT2D eigenvalue weighted by atomic mass is 16.5. The van der Waals surface area contributed by atoms with Crippen molar-refractivity contribution >= 4 is 5.95 Å². The molecule has 0 amide bonds. The molecule has 0 unspecified atom stereocenters. The van der Waals surface area contributed by atoms with Gasteiger partial charge in [-0.3, -0.25) is 9.78 Å². The van der Waals surface area contributed by atoms with Gasteiger partial charge in [-0.15, -0.1) is 10.2 Å². The Hall–Kier alpha value is -2.37. The molecule has 0 aliphatic rings. The number of rotatable bonds is 8. The molecule has 0 atom stereocenters. The van der Waals surface area contributed by atoms with Crippen LogP contribution < -0.4 is 15.6 Å². The molecule has 0 spiro atoms. The summed E-state index contributed by atoms with van der Waals surface area (Å²) in [6.07, 6.45) is 3.81. The lowest BCUT2D eigenvalue weighted by Crippen LogP contribution is -2.20. The van der Waals surface area contributed by atoms with Crippen LogP contribution in [0.15, 0.2) is 29.1 Å². The third kappa shape index (κ3) is 4.58. The molecule has 2 aromatic rings. The van der Waals surface area contributed by atoms with Crippen LogP contribution in [0.4, 0.5) is 5.95 Å². The SMILES string of the molecule is CCCCCNc1nnc(Cc2ccc(OC)cc2)c(=O)[nH]1. The second-order valence-corrected chi connectivity index (χ2v) is 5.11. The van der Waals surface area contributed by atoms with Crippen molar-refractivity contribution in [3.63, 3.8) is 0 Å². The number of anilines is 1. The van der Waals surface area contributed by atoms with Crippen molar-refractivity contribution in [3.8, 4) is 5.75 Å². The summed E-state index contributed by atoms with van der Waals surface area (Å²) in [5, 5.41) is 11.1. The van der Waals surface area contributed by atoms with E-state index in [1.807, 2.05) is 24.3 Å². The first-order valence-corrected chi connectivity index (χ1v) is 7.55. The van der Waals surface area contributed by atoms with Gasteiger partial charge >= 0.3 is 0 Å². The second kappa shape index (κ2) is 8.17. The van der Waals surface area contributed by atoms with Gasteiger partial charge in [-0.1, -0.05) is 31.9 Å². The van der Waals surface area contributed by atoms with Crippen LogP contribution in [0.25, 0.3) is 0 Å². The first kappa shape index (κ1) is 16.0. The molecule has 0 aliphatic carbocycles. The van der Waals surface area contributed by atoms with E-state index < -0.39 is 0 Å². The average molecular weight is 302 g/mol. The largest absolute Gasteiger partial charge is 0.497 e. The normalized spacial score (nSPS) is 10.5. The average Bonchev–Trinajstić information content (AvgIpc) is 2.55. The number of nitrogens with zero attached hydrogens (tertiary/aromatic N) is 2. The fourth-order valence-electron chi connectivity index (χ4n) is 2.07. The fourth-order valence-corrected chi connectivity index (χ4v) is 2.07. The Morgan fingerprint density at radius 2 is 1.95 bits per heavy atom. The van der Waals surface area contributed by atoms with Gasteiger partial charge in [0, 0.05) is 13.0 Å². The lowest BCUT2D eigenvalue weighted by Gasteiger charge is -2.05. The number of ether oxygens (including phenoxy) is 1. The van der Waals surface area contributed by atoms with E-state index in [2.05, 4.69) is 27.4 Å². The standard InChI is InChI=1S/C16H22N4O2/c1-3-4-5-10-17-16-18-15(21)14(19-20-16)11-12-6-8-13(22-2)9-7-12/h6-9H,3-5,10-11H2,1-2H3,(H2,17,18,20,21). The van der Waals surface area contributed by atoms with Gasteiger partial charge in [0.25, 0.3) is 5.56 Å². The maximum Gasteiger partial charge on any atom is 0.274 e. The maximum absolute atomic E-state index is 12.0. The topological polar surface area (TPSA) is 79.9 Å². The van der Waals surface area contributed by atoms with E-state index in [0.29, 0.717) is 18.1 Å². The number of hydrogen-bond acceptors (Lipinski definition) is 5. The third-order valence-corrected chi connectivity index (χ3v) is 3.37. The molecule has 6 nitrogen and oxygen atoms in total. The van der Waals surface area contributed by atoms with Crippen molar-refractivity contribution in [2.75, 3.05) is 19.0 Å². The summed E-state index contributed by atoms with van der Waals surface area (Å²) in [6, 6.07) is 7.55. The van der Waals surface area contributed by atoms with Gasteiger partial charge in [0.1, 0.15) is 11.4 Å². The molecule has 22 heavy (non-hydrogen) atoms. The molecule has 1 aromatic carbocycles. The number of nitrogens with one attached hydrogen (secondary N) is 2.